The molecule has 0 fully saturated rings. The number of rotatable bonds is 1. The van der Waals surface area contributed by atoms with E-state index in [1.165, 1.54) is 12.4 Å². The van der Waals surface area contributed by atoms with E-state index < -0.39 is 0 Å². The lowest BCUT2D eigenvalue weighted by molar-refractivity contribution is 1.07. The van der Waals surface area contributed by atoms with Gasteiger partial charge in [-0.15, -0.1) is 10.2 Å². The molecular formula is C5H6N6. The average Bonchev–Trinajstić information content (AvgIpc) is 2.03. The lowest BCUT2D eigenvalue weighted by atomic mass is 10.7. The van der Waals surface area contributed by atoms with Crippen molar-refractivity contribution in [3.8, 4) is 0 Å². The van der Waals surface area contributed by atoms with Crippen LogP contribution in [0.15, 0.2) is 28.7 Å². The summed E-state index contributed by atoms with van der Waals surface area (Å²) in [5.74, 6) is -0.167. The number of hydrogen-bond donors (Lipinski definition) is 2. The first-order valence-electron chi connectivity index (χ1n) is 2.82. The first kappa shape index (κ1) is 7.26. The van der Waals surface area contributed by atoms with Crippen molar-refractivity contribution in [2.24, 2.45) is 16.0 Å². The number of azo groups is 1. The SMILES string of the molecule is N=C(N)N=Nc1ncccn1. The zero-order valence-electron chi connectivity index (χ0n) is 5.60. The van der Waals surface area contributed by atoms with Crippen molar-refractivity contribution in [3.05, 3.63) is 18.5 Å². The molecular weight excluding hydrogens is 144 g/mol. The molecule has 0 radical (unpaired) electrons. The quantitative estimate of drug-likeness (QED) is 0.345. The molecule has 0 bridgehead atoms. The van der Waals surface area contributed by atoms with Crippen LogP contribution >= 0.6 is 0 Å². The lowest BCUT2D eigenvalue weighted by Gasteiger charge is -1.85. The Balaban J connectivity index is 2.72. The summed E-state index contributed by atoms with van der Waals surface area (Å²) in [4.78, 5) is 7.45. The van der Waals surface area contributed by atoms with Gasteiger partial charge in [0.15, 0.2) is 0 Å². The lowest BCUT2D eigenvalue weighted by Crippen LogP contribution is -2.03. The van der Waals surface area contributed by atoms with E-state index >= 15 is 0 Å². The van der Waals surface area contributed by atoms with Gasteiger partial charge < -0.3 is 5.73 Å². The molecule has 0 unspecified atom stereocenters. The molecule has 0 spiro atoms. The molecule has 1 aromatic rings. The number of nitrogens with one attached hydrogen (secondary N) is 1. The normalized spacial score (nSPS) is 10.2. The van der Waals surface area contributed by atoms with Gasteiger partial charge in [0.1, 0.15) is 0 Å². The van der Waals surface area contributed by atoms with Crippen LogP contribution in [0, 0.1) is 5.41 Å². The third-order valence-corrected chi connectivity index (χ3v) is 0.799. The molecule has 0 aliphatic carbocycles. The van der Waals surface area contributed by atoms with E-state index in [-0.39, 0.29) is 11.9 Å². The number of guanidine groups is 1. The molecule has 0 atom stereocenters. The van der Waals surface area contributed by atoms with Crippen LogP contribution < -0.4 is 5.73 Å². The Labute approximate surface area is 62.7 Å². The van der Waals surface area contributed by atoms with Gasteiger partial charge in [-0.25, -0.2) is 9.97 Å². The third-order valence-electron chi connectivity index (χ3n) is 0.799. The van der Waals surface area contributed by atoms with Crippen molar-refractivity contribution >= 4 is 11.9 Å². The summed E-state index contributed by atoms with van der Waals surface area (Å²) in [6.45, 7) is 0. The Kier molecular flexibility index (Phi) is 2.21. The molecule has 1 heterocycles. The van der Waals surface area contributed by atoms with Crippen LogP contribution in [0.1, 0.15) is 0 Å². The van der Waals surface area contributed by atoms with Gasteiger partial charge in [-0.2, -0.15) is 0 Å². The summed E-state index contributed by atoms with van der Waals surface area (Å²) in [6, 6.07) is 1.66. The van der Waals surface area contributed by atoms with Gasteiger partial charge in [0.05, 0.1) is 0 Å². The van der Waals surface area contributed by atoms with Crippen molar-refractivity contribution < 1.29 is 0 Å². The molecule has 56 valence electrons. The van der Waals surface area contributed by atoms with Gasteiger partial charge in [-0.05, 0) is 6.07 Å². The van der Waals surface area contributed by atoms with E-state index in [9.17, 15) is 0 Å². The standard InChI is InChI=1S/C5H6N6/c6-4(7)10-11-5-8-2-1-3-9-5/h1-3H,(H3,6,7). The molecule has 3 N–H and O–H groups in total. The third kappa shape index (κ3) is 2.48. The van der Waals surface area contributed by atoms with Crippen molar-refractivity contribution in [1.82, 2.24) is 9.97 Å². The summed E-state index contributed by atoms with van der Waals surface area (Å²) in [5, 5.41) is 13.4. The average molecular weight is 150 g/mol. The number of hydrogen-bond acceptors (Lipinski definition) is 4. The highest BCUT2D eigenvalue weighted by Crippen LogP contribution is 1.98. The minimum Gasteiger partial charge on any atom is -0.367 e. The van der Waals surface area contributed by atoms with E-state index in [0.717, 1.165) is 0 Å². The van der Waals surface area contributed by atoms with Crippen LogP contribution in [-0.2, 0) is 0 Å². The Hall–Kier alpha value is -1.85. The van der Waals surface area contributed by atoms with Crippen LogP contribution in [-0.4, -0.2) is 15.9 Å². The predicted molar refractivity (Wildman–Crippen MR) is 38.5 cm³/mol. The first-order valence-corrected chi connectivity index (χ1v) is 2.82. The summed E-state index contributed by atoms with van der Waals surface area (Å²) < 4.78 is 0. The first-order chi connectivity index (χ1) is 5.29. The number of aromatic nitrogens is 2. The van der Waals surface area contributed by atoms with E-state index in [0.29, 0.717) is 0 Å². The Morgan fingerprint density at radius 2 is 2.09 bits per heavy atom. The fourth-order valence-electron chi connectivity index (χ4n) is 0.441. The maximum absolute atomic E-state index is 6.71. The highest BCUT2D eigenvalue weighted by molar-refractivity contribution is 5.74. The minimum absolute atomic E-state index is 0.197. The van der Waals surface area contributed by atoms with Gasteiger partial charge in [0.2, 0.25) is 5.96 Å². The molecule has 0 amide bonds. The minimum atomic E-state index is -0.363. The van der Waals surface area contributed by atoms with E-state index in [1.807, 2.05) is 0 Å². The fraction of sp³-hybridized carbons (Fsp3) is 0. The molecule has 0 aliphatic heterocycles. The maximum atomic E-state index is 6.71. The predicted octanol–water partition coefficient (Wildman–Crippen LogP) is 0.454. The van der Waals surface area contributed by atoms with E-state index in [2.05, 4.69) is 20.2 Å². The van der Waals surface area contributed by atoms with E-state index in [1.54, 1.807) is 6.07 Å². The Morgan fingerprint density at radius 3 is 2.64 bits per heavy atom. The number of nitrogens with two attached hydrogens (primary N) is 1. The summed E-state index contributed by atoms with van der Waals surface area (Å²) in [7, 11) is 0. The van der Waals surface area contributed by atoms with Crippen LogP contribution in [0.3, 0.4) is 0 Å². The monoisotopic (exact) mass is 150 g/mol. The van der Waals surface area contributed by atoms with Crippen molar-refractivity contribution in [2.45, 2.75) is 0 Å². The van der Waals surface area contributed by atoms with Crippen molar-refractivity contribution in [2.75, 3.05) is 0 Å². The van der Waals surface area contributed by atoms with Gasteiger partial charge in [0.25, 0.3) is 5.95 Å². The van der Waals surface area contributed by atoms with Crippen molar-refractivity contribution in [3.63, 3.8) is 0 Å². The smallest absolute Gasteiger partial charge is 0.268 e. The molecule has 0 aromatic carbocycles. The van der Waals surface area contributed by atoms with Crippen LogP contribution in [0.25, 0.3) is 0 Å². The van der Waals surface area contributed by atoms with Crippen molar-refractivity contribution in [1.29, 1.82) is 5.41 Å². The van der Waals surface area contributed by atoms with Crippen LogP contribution in [0.2, 0.25) is 0 Å². The molecule has 0 saturated carbocycles. The van der Waals surface area contributed by atoms with Gasteiger partial charge in [0, 0.05) is 12.4 Å². The van der Waals surface area contributed by atoms with Crippen LogP contribution in [0.5, 0.6) is 0 Å². The molecule has 6 nitrogen and oxygen atoms in total. The summed E-state index contributed by atoms with van der Waals surface area (Å²) in [5.41, 5.74) is 4.91. The molecule has 0 saturated heterocycles. The largest absolute Gasteiger partial charge is 0.367 e. The fourth-order valence-corrected chi connectivity index (χ4v) is 0.441. The zero-order valence-corrected chi connectivity index (χ0v) is 5.60. The topological polar surface area (TPSA) is 100 Å². The Morgan fingerprint density at radius 1 is 1.45 bits per heavy atom. The molecule has 1 aromatic heterocycles. The van der Waals surface area contributed by atoms with Crippen LogP contribution in [0.4, 0.5) is 5.95 Å². The highest BCUT2D eigenvalue weighted by Gasteiger charge is 1.87. The zero-order chi connectivity index (χ0) is 8.10. The second-order valence-electron chi connectivity index (χ2n) is 1.63. The highest BCUT2D eigenvalue weighted by atomic mass is 15.2. The van der Waals surface area contributed by atoms with E-state index in [4.69, 9.17) is 11.1 Å². The molecule has 1 rings (SSSR count). The second kappa shape index (κ2) is 3.35. The van der Waals surface area contributed by atoms with Gasteiger partial charge in [-0.3, -0.25) is 5.41 Å². The Bertz CT molecular complexity index is 266. The molecule has 6 heteroatoms. The van der Waals surface area contributed by atoms with Gasteiger partial charge in [-0.1, -0.05) is 0 Å². The molecule has 11 heavy (non-hydrogen) atoms. The summed E-state index contributed by atoms with van der Waals surface area (Å²) >= 11 is 0. The number of nitrogens with zero attached hydrogens (tertiary/aromatic N) is 4. The second-order valence-corrected chi connectivity index (χ2v) is 1.63. The van der Waals surface area contributed by atoms with Gasteiger partial charge >= 0.3 is 0 Å². The maximum Gasteiger partial charge on any atom is 0.268 e. The summed E-state index contributed by atoms with van der Waals surface area (Å²) in [6.07, 6.45) is 3.06. The molecule has 0 aliphatic rings.